The van der Waals surface area contributed by atoms with Crippen molar-refractivity contribution < 1.29 is 4.79 Å². The van der Waals surface area contributed by atoms with E-state index in [1.54, 1.807) is 6.20 Å². The van der Waals surface area contributed by atoms with Crippen molar-refractivity contribution in [3.8, 4) is 0 Å². The van der Waals surface area contributed by atoms with Crippen molar-refractivity contribution in [3.05, 3.63) is 36.3 Å². The maximum Gasteiger partial charge on any atom is 0.255 e. The molecule has 1 saturated heterocycles. The molecule has 2 aromatic heterocycles. The van der Waals surface area contributed by atoms with Gasteiger partial charge in [0.2, 0.25) is 0 Å². The number of rotatable bonds is 1. The lowest BCUT2D eigenvalue weighted by atomic mass is 10.2. The van der Waals surface area contributed by atoms with Crippen LogP contribution in [0, 0.1) is 0 Å². The summed E-state index contributed by atoms with van der Waals surface area (Å²) in [5.74, 6) is 0.0496. The third-order valence-electron chi connectivity index (χ3n) is 3.15. The molecule has 1 aliphatic rings. The van der Waals surface area contributed by atoms with Crippen molar-refractivity contribution >= 4 is 11.6 Å². The molecule has 1 fully saturated rings. The van der Waals surface area contributed by atoms with E-state index in [0.29, 0.717) is 12.1 Å². The first-order valence-electron chi connectivity index (χ1n) is 5.71. The topological polar surface area (TPSA) is 63.6 Å². The highest BCUT2D eigenvalue weighted by Crippen LogP contribution is 2.13. The van der Waals surface area contributed by atoms with E-state index >= 15 is 0 Å². The molecule has 0 aromatic carbocycles. The Kier molecular flexibility index (Phi) is 2.33. The number of nitrogens with two attached hydrogens (primary N) is 1. The van der Waals surface area contributed by atoms with Gasteiger partial charge in [-0.1, -0.05) is 0 Å². The monoisotopic (exact) mass is 230 g/mol. The van der Waals surface area contributed by atoms with Gasteiger partial charge in [-0.05, 0) is 18.6 Å². The third-order valence-corrected chi connectivity index (χ3v) is 3.15. The van der Waals surface area contributed by atoms with Gasteiger partial charge < -0.3 is 15.0 Å². The van der Waals surface area contributed by atoms with Crippen LogP contribution in [0.25, 0.3) is 5.65 Å². The van der Waals surface area contributed by atoms with Crippen molar-refractivity contribution in [3.63, 3.8) is 0 Å². The van der Waals surface area contributed by atoms with Crippen molar-refractivity contribution in [2.45, 2.75) is 12.5 Å². The molecule has 0 saturated carbocycles. The number of imidazole rings is 1. The van der Waals surface area contributed by atoms with Crippen LogP contribution in [-0.4, -0.2) is 39.3 Å². The van der Waals surface area contributed by atoms with Crippen LogP contribution in [0.2, 0.25) is 0 Å². The zero-order chi connectivity index (χ0) is 11.8. The molecule has 5 nitrogen and oxygen atoms in total. The summed E-state index contributed by atoms with van der Waals surface area (Å²) in [5.41, 5.74) is 7.34. The van der Waals surface area contributed by atoms with Crippen molar-refractivity contribution in [2.24, 2.45) is 5.73 Å². The van der Waals surface area contributed by atoms with Crippen LogP contribution >= 0.6 is 0 Å². The van der Waals surface area contributed by atoms with E-state index in [0.717, 1.165) is 18.6 Å². The number of carbonyl (C=O) groups is 1. The molecular formula is C12H14N4O. The van der Waals surface area contributed by atoms with Crippen LogP contribution < -0.4 is 5.73 Å². The van der Waals surface area contributed by atoms with Gasteiger partial charge in [0, 0.05) is 37.7 Å². The number of carbonyl (C=O) groups excluding carboxylic acids is 1. The van der Waals surface area contributed by atoms with Crippen LogP contribution in [0.5, 0.6) is 0 Å². The summed E-state index contributed by atoms with van der Waals surface area (Å²) in [6.07, 6.45) is 6.25. The number of hydrogen-bond donors (Lipinski definition) is 1. The number of nitrogens with zero attached hydrogens (tertiary/aromatic N) is 3. The third kappa shape index (κ3) is 1.78. The SMILES string of the molecule is N[C@@H]1CCN(C(=O)c2ccc3nccn3c2)C1. The summed E-state index contributed by atoms with van der Waals surface area (Å²) < 4.78 is 1.85. The number of pyridine rings is 1. The van der Waals surface area contributed by atoms with Crippen LogP contribution in [0.4, 0.5) is 0 Å². The number of aromatic nitrogens is 2. The fraction of sp³-hybridized carbons (Fsp3) is 0.333. The largest absolute Gasteiger partial charge is 0.337 e. The quantitative estimate of drug-likeness (QED) is 0.776. The van der Waals surface area contributed by atoms with Crippen LogP contribution in [0.15, 0.2) is 30.7 Å². The lowest BCUT2D eigenvalue weighted by molar-refractivity contribution is 0.0790. The van der Waals surface area contributed by atoms with E-state index < -0.39 is 0 Å². The molecule has 0 bridgehead atoms. The van der Waals surface area contributed by atoms with E-state index in [-0.39, 0.29) is 11.9 Å². The second-order valence-corrected chi connectivity index (χ2v) is 4.41. The summed E-state index contributed by atoms with van der Waals surface area (Å²) in [4.78, 5) is 18.1. The Hall–Kier alpha value is -1.88. The molecule has 2 aromatic rings. The van der Waals surface area contributed by atoms with E-state index in [4.69, 9.17) is 5.73 Å². The molecule has 0 unspecified atom stereocenters. The molecule has 1 aliphatic heterocycles. The molecule has 0 radical (unpaired) electrons. The average molecular weight is 230 g/mol. The van der Waals surface area contributed by atoms with Crippen molar-refractivity contribution in [2.75, 3.05) is 13.1 Å². The Morgan fingerprint density at radius 2 is 2.35 bits per heavy atom. The van der Waals surface area contributed by atoms with Crippen LogP contribution in [0.1, 0.15) is 16.8 Å². The Morgan fingerprint density at radius 3 is 3.12 bits per heavy atom. The second-order valence-electron chi connectivity index (χ2n) is 4.41. The summed E-state index contributed by atoms with van der Waals surface area (Å²) in [7, 11) is 0. The molecule has 1 amide bonds. The predicted octanol–water partition coefficient (Wildman–Crippen LogP) is 0.507. The Labute approximate surface area is 98.8 Å². The number of likely N-dealkylation sites (tertiary alicyclic amines) is 1. The smallest absolute Gasteiger partial charge is 0.255 e. The molecule has 2 N–H and O–H groups in total. The fourth-order valence-electron chi connectivity index (χ4n) is 2.20. The van der Waals surface area contributed by atoms with Crippen molar-refractivity contribution in [1.29, 1.82) is 0 Å². The van der Waals surface area contributed by atoms with Gasteiger partial charge in [-0.15, -0.1) is 0 Å². The summed E-state index contributed by atoms with van der Waals surface area (Å²) in [5, 5.41) is 0. The average Bonchev–Trinajstić information content (AvgIpc) is 2.95. The first kappa shape index (κ1) is 10.3. The van der Waals surface area contributed by atoms with E-state index in [2.05, 4.69) is 4.98 Å². The minimum absolute atomic E-state index is 0.0496. The normalized spacial score (nSPS) is 20.1. The minimum Gasteiger partial charge on any atom is -0.337 e. The highest BCUT2D eigenvalue weighted by Gasteiger charge is 2.24. The Balaban J connectivity index is 1.89. The molecule has 17 heavy (non-hydrogen) atoms. The highest BCUT2D eigenvalue weighted by atomic mass is 16.2. The number of fused-ring (bicyclic) bond motifs is 1. The van der Waals surface area contributed by atoms with Crippen molar-refractivity contribution in [1.82, 2.24) is 14.3 Å². The summed E-state index contributed by atoms with van der Waals surface area (Å²) >= 11 is 0. The lowest BCUT2D eigenvalue weighted by Gasteiger charge is -2.15. The van der Waals surface area contributed by atoms with Gasteiger partial charge in [0.25, 0.3) is 5.91 Å². The molecule has 5 heteroatoms. The molecule has 3 heterocycles. The zero-order valence-corrected chi connectivity index (χ0v) is 9.41. The number of hydrogen-bond acceptors (Lipinski definition) is 3. The minimum atomic E-state index is 0.0496. The maximum atomic E-state index is 12.2. The molecule has 0 aliphatic carbocycles. The van der Waals surface area contributed by atoms with Gasteiger partial charge in [0.15, 0.2) is 0 Å². The van der Waals surface area contributed by atoms with E-state index in [1.807, 2.05) is 33.8 Å². The first-order chi connectivity index (χ1) is 8.24. The van der Waals surface area contributed by atoms with Crippen LogP contribution in [0.3, 0.4) is 0 Å². The zero-order valence-electron chi connectivity index (χ0n) is 9.41. The van der Waals surface area contributed by atoms with Gasteiger partial charge in [-0.25, -0.2) is 4.98 Å². The standard InChI is InChI=1S/C12H14N4O/c13-10-3-5-16(8-10)12(17)9-1-2-11-14-4-6-15(11)7-9/h1-2,4,6-7,10H,3,5,8,13H2/t10-/m1/s1. The molecule has 0 spiro atoms. The summed E-state index contributed by atoms with van der Waals surface area (Å²) in [6, 6.07) is 3.79. The van der Waals surface area contributed by atoms with Gasteiger partial charge in [-0.2, -0.15) is 0 Å². The molecular weight excluding hydrogens is 216 g/mol. The highest BCUT2D eigenvalue weighted by molar-refractivity contribution is 5.94. The first-order valence-corrected chi connectivity index (χ1v) is 5.71. The van der Waals surface area contributed by atoms with Gasteiger partial charge in [0.05, 0.1) is 5.56 Å². The van der Waals surface area contributed by atoms with Gasteiger partial charge in [-0.3, -0.25) is 4.79 Å². The molecule has 88 valence electrons. The van der Waals surface area contributed by atoms with E-state index in [1.165, 1.54) is 0 Å². The second kappa shape index (κ2) is 3.85. The Bertz CT molecular complexity index is 562. The maximum absolute atomic E-state index is 12.2. The predicted molar refractivity (Wildman–Crippen MR) is 63.7 cm³/mol. The van der Waals surface area contributed by atoms with E-state index in [9.17, 15) is 4.79 Å². The molecule has 3 rings (SSSR count). The van der Waals surface area contributed by atoms with Gasteiger partial charge in [0.1, 0.15) is 5.65 Å². The van der Waals surface area contributed by atoms with Gasteiger partial charge >= 0.3 is 0 Å². The molecule has 1 atom stereocenters. The Morgan fingerprint density at radius 1 is 1.47 bits per heavy atom. The number of amides is 1. The fourth-order valence-corrected chi connectivity index (χ4v) is 2.20. The summed E-state index contributed by atoms with van der Waals surface area (Å²) in [6.45, 7) is 1.41. The van der Waals surface area contributed by atoms with Crippen LogP contribution in [-0.2, 0) is 0 Å². The lowest BCUT2D eigenvalue weighted by Crippen LogP contribution is -2.31.